The van der Waals surface area contributed by atoms with Crippen LogP contribution in [0.3, 0.4) is 0 Å². The Balaban J connectivity index is 1.88. The van der Waals surface area contributed by atoms with Crippen LogP contribution in [0.25, 0.3) is 0 Å². The number of amides is 1. The van der Waals surface area contributed by atoms with E-state index >= 15 is 0 Å². The van der Waals surface area contributed by atoms with Crippen molar-refractivity contribution >= 4 is 5.91 Å². The van der Waals surface area contributed by atoms with Crippen LogP contribution in [0.2, 0.25) is 0 Å². The number of likely N-dealkylation sites (tertiary alicyclic amines) is 1. The lowest BCUT2D eigenvalue weighted by atomic mass is 10.0. The summed E-state index contributed by atoms with van der Waals surface area (Å²) in [6.45, 7) is 1.56. The predicted octanol–water partition coefficient (Wildman–Crippen LogP) is 2.40. The fraction of sp³-hybridized carbons (Fsp3) is 0.500. The normalized spacial score (nSPS) is 16.7. The molecule has 1 aromatic carbocycles. The predicted molar refractivity (Wildman–Crippen MR) is 66.4 cm³/mol. The lowest BCUT2D eigenvalue weighted by Crippen LogP contribution is -2.27. The molecule has 1 saturated heterocycles. The zero-order valence-electron chi connectivity index (χ0n) is 10.6. The van der Waals surface area contributed by atoms with E-state index in [1.807, 2.05) is 0 Å². The van der Waals surface area contributed by atoms with Crippen LogP contribution in [0.5, 0.6) is 0 Å². The van der Waals surface area contributed by atoms with Crippen LogP contribution in [-0.2, 0) is 4.79 Å². The molecule has 1 fully saturated rings. The van der Waals surface area contributed by atoms with Crippen molar-refractivity contribution in [1.82, 2.24) is 4.90 Å². The zero-order chi connectivity index (χ0) is 13.8. The molecule has 3 nitrogen and oxygen atoms in total. The van der Waals surface area contributed by atoms with Gasteiger partial charge < -0.3 is 10.0 Å². The topological polar surface area (TPSA) is 40.5 Å². The quantitative estimate of drug-likeness (QED) is 0.911. The van der Waals surface area contributed by atoms with E-state index in [0.717, 1.165) is 38.1 Å². The van der Waals surface area contributed by atoms with E-state index in [1.54, 1.807) is 4.90 Å². The maximum atomic E-state index is 13.0. The first-order valence-electron chi connectivity index (χ1n) is 6.48. The number of carbonyl (C=O) groups is 1. The van der Waals surface area contributed by atoms with E-state index in [2.05, 4.69) is 0 Å². The minimum absolute atomic E-state index is 0.0131. The molecule has 1 aliphatic heterocycles. The molecule has 1 N–H and O–H groups in total. The van der Waals surface area contributed by atoms with Crippen LogP contribution < -0.4 is 0 Å². The SMILES string of the molecule is O=C(CCC(O)c1ccc(F)c(F)c1)N1CCCC1. The van der Waals surface area contributed by atoms with Crippen molar-refractivity contribution in [1.29, 1.82) is 0 Å². The average Bonchev–Trinajstić information content (AvgIpc) is 2.92. The van der Waals surface area contributed by atoms with E-state index in [1.165, 1.54) is 6.07 Å². The molecule has 2 rings (SSSR count). The first-order chi connectivity index (χ1) is 9.08. The van der Waals surface area contributed by atoms with Crippen molar-refractivity contribution in [2.75, 3.05) is 13.1 Å². The maximum Gasteiger partial charge on any atom is 0.222 e. The highest BCUT2D eigenvalue weighted by Gasteiger charge is 2.19. The van der Waals surface area contributed by atoms with Gasteiger partial charge in [-0.15, -0.1) is 0 Å². The van der Waals surface area contributed by atoms with Crippen molar-refractivity contribution in [3.8, 4) is 0 Å². The number of nitrogens with zero attached hydrogens (tertiary/aromatic N) is 1. The van der Waals surface area contributed by atoms with Gasteiger partial charge in [0.2, 0.25) is 5.91 Å². The number of aliphatic hydroxyl groups is 1. The highest BCUT2D eigenvalue weighted by molar-refractivity contribution is 5.76. The third-order valence-corrected chi connectivity index (χ3v) is 3.42. The Hall–Kier alpha value is -1.49. The van der Waals surface area contributed by atoms with Gasteiger partial charge in [-0.2, -0.15) is 0 Å². The molecule has 0 spiro atoms. The van der Waals surface area contributed by atoms with Crippen LogP contribution in [0.4, 0.5) is 8.78 Å². The van der Waals surface area contributed by atoms with Crippen molar-refractivity contribution < 1.29 is 18.7 Å². The fourth-order valence-electron chi connectivity index (χ4n) is 2.27. The molecule has 0 bridgehead atoms. The molecule has 5 heteroatoms. The zero-order valence-corrected chi connectivity index (χ0v) is 10.6. The van der Waals surface area contributed by atoms with Gasteiger partial charge in [-0.25, -0.2) is 8.78 Å². The summed E-state index contributed by atoms with van der Waals surface area (Å²) in [4.78, 5) is 13.6. The van der Waals surface area contributed by atoms with Crippen molar-refractivity contribution in [2.45, 2.75) is 31.8 Å². The number of hydrogen-bond donors (Lipinski definition) is 1. The second-order valence-electron chi connectivity index (χ2n) is 4.82. The summed E-state index contributed by atoms with van der Waals surface area (Å²) in [5.41, 5.74) is 0.299. The maximum absolute atomic E-state index is 13.0. The van der Waals surface area contributed by atoms with Gasteiger partial charge in [0.15, 0.2) is 11.6 Å². The van der Waals surface area contributed by atoms with E-state index < -0.39 is 17.7 Å². The van der Waals surface area contributed by atoms with Gasteiger partial charge in [0.05, 0.1) is 6.10 Å². The Morgan fingerprint density at radius 2 is 1.95 bits per heavy atom. The molecule has 0 radical (unpaired) electrons. The second kappa shape index (κ2) is 6.10. The number of benzene rings is 1. The molecule has 1 heterocycles. The average molecular weight is 269 g/mol. The Morgan fingerprint density at radius 1 is 1.26 bits per heavy atom. The Bertz CT molecular complexity index is 459. The number of hydrogen-bond acceptors (Lipinski definition) is 2. The van der Waals surface area contributed by atoms with Crippen LogP contribution >= 0.6 is 0 Å². The van der Waals surface area contributed by atoms with Crippen LogP contribution in [-0.4, -0.2) is 29.0 Å². The molecule has 1 aliphatic rings. The summed E-state index contributed by atoms with van der Waals surface area (Å²) in [7, 11) is 0. The second-order valence-corrected chi connectivity index (χ2v) is 4.82. The van der Waals surface area contributed by atoms with Gasteiger partial charge >= 0.3 is 0 Å². The first-order valence-corrected chi connectivity index (χ1v) is 6.48. The van der Waals surface area contributed by atoms with Gasteiger partial charge in [0.25, 0.3) is 0 Å². The molecular formula is C14H17F2NO2. The van der Waals surface area contributed by atoms with Gasteiger partial charge in [-0.05, 0) is 37.0 Å². The van der Waals surface area contributed by atoms with Crippen LogP contribution in [0.1, 0.15) is 37.4 Å². The third kappa shape index (κ3) is 3.50. The smallest absolute Gasteiger partial charge is 0.222 e. The Kier molecular flexibility index (Phi) is 4.47. The van der Waals surface area contributed by atoms with Crippen LogP contribution in [0.15, 0.2) is 18.2 Å². The number of halogens is 2. The molecule has 0 aliphatic carbocycles. The summed E-state index contributed by atoms with van der Waals surface area (Å²) in [5.74, 6) is -1.91. The minimum Gasteiger partial charge on any atom is -0.388 e. The molecular weight excluding hydrogens is 252 g/mol. The molecule has 104 valence electrons. The van der Waals surface area contributed by atoms with Gasteiger partial charge in [0.1, 0.15) is 0 Å². The summed E-state index contributed by atoms with van der Waals surface area (Å²) >= 11 is 0. The van der Waals surface area contributed by atoms with Gasteiger partial charge in [-0.3, -0.25) is 4.79 Å². The Labute approximate surface area is 110 Å². The molecule has 1 unspecified atom stereocenters. The van der Waals surface area contributed by atoms with E-state index in [9.17, 15) is 18.7 Å². The van der Waals surface area contributed by atoms with E-state index in [4.69, 9.17) is 0 Å². The molecule has 0 aromatic heterocycles. The van der Waals surface area contributed by atoms with Crippen molar-refractivity contribution in [2.24, 2.45) is 0 Å². The van der Waals surface area contributed by atoms with Crippen molar-refractivity contribution in [3.05, 3.63) is 35.4 Å². The molecule has 19 heavy (non-hydrogen) atoms. The molecule has 0 saturated carbocycles. The van der Waals surface area contributed by atoms with Crippen molar-refractivity contribution in [3.63, 3.8) is 0 Å². The number of aliphatic hydroxyl groups excluding tert-OH is 1. The number of rotatable bonds is 4. The summed E-state index contributed by atoms with van der Waals surface area (Å²) in [6.07, 6.45) is 1.55. The Morgan fingerprint density at radius 3 is 2.58 bits per heavy atom. The highest BCUT2D eigenvalue weighted by Crippen LogP contribution is 2.21. The monoisotopic (exact) mass is 269 g/mol. The highest BCUT2D eigenvalue weighted by atomic mass is 19.2. The van der Waals surface area contributed by atoms with Gasteiger partial charge in [-0.1, -0.05) is 6.07 Å². The summed E-state index contributed by atoms with van der Waals surface area (Å²) < 4.78 is 25.8. The summed E-state index contributed by atoms with van der Waals surface area (Å²) in [5, 5.41) is 9.87. The molecule has 1 aromatic rings. The number of carbonyl (C=O) groups excluding carboxylic acids is 1. The lowest BCUT2D eigenvalue weighted by molar-refractivity contribution is -0.130. The summed E-state index contributed by atoms with van der Waals surface area (Å²) in [6, 6.07) is 3.29. The largest absolute Gasteiger partial charge is 0.388 e. The standard InChI is InChI=1S/C14H17F2NO2/c15-11-4-3-10(9-12(11)16)13(18)5-6-14(19)17-7-1-2-8-17/h3-4,9,13,18H,1-2,5-8H2. The first kappa shape index (κ1) is 13.9. The molecule has 1 atom stereocenters. The fourth-order valence-corrected chi connectivity index (χ4v) is 2.27. The lowest BCUT2D eigenvalue weighted by Gasteiger charge is -2.17. The van der Waals surface area contributed by atoms with Gasteiger partial charge in [0, 0.05) is 19.5 Å². The molecule has 1 amide bonds. The third-order valence-electron chi connectivity index (χ3n) is 3.42. The van der Waals surface area contributed by atoms with Crippen LogP contribution in [0, 0.1) is 11.6 Å². The van der Waals surface area contributed by atoms with E-state index in [-0.39, 0.29) is 18.7 Å². The minimum atomic E-state index is -0.984. The van der Waals surface area contributed by atoms with E-state index in [0.29, 0.717) is 5.56 Å².